The second kappa shape index (κ2) is 9.10. The topological polar surface area (TPSA) is 172 Å². The Hall–Kier alpha value is -4.96. The summed E-state index contributed by atoms with van der Waals surface area (Å²) in [5, 5.41) is 64.4. The molecule has 1 aliphatic heterocycles. The molecular weight excluding hydrogens is 518 g/mol. The van der Waals surface area contributed by atoms with E-state index in [-0.39, 0.29) is 23.3 Å². The predicted molar refractivity (Wildman–Crippen MR) is 137 cm³/mol. The zero-order valence-electron chi connectivity index (χ0n) is 20.5. The van der Waals surface area contributed by atoms with Gasteiger partial charge in [0.1, 0.15) is 17.2 Å². The lowest BCUT2D eigenvalue weighted by Crippen LogP contribution is -2.49. The summed E-state index contributed by atoms with van der Waals surface area (Å²) in [6.07, 6.45) is 5.48. The van der Waals surface area contributed by atoms with Crippen molar-refractivity contribution in [1.29, 1.82) is 0 Å². The largest absolute Gasteiger partial charge is 0.504 e. The Morgan fingerprint density at radius 2 is 1.64 bits per heavy atom. The quantitative estimate of drug-likeness (QED) is 0.151. The van der Waals surface area contributed by atoms with Gasteiger partial charge in [0.05, 0.1) is 23.6 Å². The van der Waals surface area contributed by atoms with Gasteiger partial charge >= 0.3 is 6.01 Å². The first-order valence-electron chi connectivity index (χ1n) is 11.6. The van der Waals surface area contributed by atoms with E-state index in [1.807, 2.05) is 12.8 Å². The minimum Gasteiger partial charge on any atom is -0.504 e. The highest BCUT2D eigenvalue weighted by molar-refractivity contribution is 6.13. The molecule has 0 radical (unpaired) electrons. The molecular formula is C26H22F2N4O7. The number of piperazine rings is 1. The van der Waals surface area contributed by atoms with Crippen LogP contribution in [-0.4, -0.2) is 73.4 Å². The number of ether oxygens (including phenoxy) is 1. The molecule has 0 amide bonds. The molecule has 11 nitrogen and oxygen atoms in total. The minimum atomic E-state index is -1.33. The monoisotopic (exact) mass is 540 g/mol. The number of nitrogens with zero attached hydrogens (tertiary/aromatic N) is 3. The smallest absolute Gasteiger partial charge is 0.318 e. The molecule has 4 aromatic rings. The van der Waals surface area contributed by atoms with Gasteiger partial charge in [-0.3, -0.25) is 0 Å². The van der Waals surface area contributed by atoms with Crippen LogP contribution < -0.4 is 15.0 Å². The number of hydrogen-bond acceptors (Lipinski definition) is 11. The molecule has 0 spiro atoms. The molecule has 3 aromatic carbocycles. The molecule has 13 heteroatoms. The van der Waals surface area contributed by atoms with Gasteiger partial charge in [-0.15, -0.1) is 6.42 Å². The van der Waals surface area contributed by atoms with E-state index in [1.54, 1.807) is 4.90 Å². The third-order valence-electron chi connectivity index (χ3n) is 6.68. The number of fused-ring (bicyclic) bond motifs is 2. The van der Waals surface area contributed by atoms with Crippen LogP contribution in [0.15, 0.2) is 6.07 Å². The van der Waals surface area contributed by atoms with E-state index >= 15 is 8.78 Å². The average molecular weight is 540 g/mol. The summed E-state index contributed by atoms with van der Waals surface area (Å²) >= 11 is 0. The fourth-order valence-electron chi connectivity index (χ4n) is 4.89. The summed E-state index contributed by atoms with van der Waals surface area (Å²) in [7, 11) is 1.27. The lowest BCUT2D eigenvalue weighted by Gasteiger charge is -2.33. The number of aromatic nitrogens is 2. The molecule has 0 bridgehead atoms. The van der Waals surface area contributed by atoms with Crippen LogP contribution in [0, 0.1) is 24.0 Å². The van der Waals surface area contributed by atoms with Crippen molar-refractivity contribution < 1.29 is 44.2 Å². The van der Waals surface area contributed by atoms with E-state index in [1.165, 1.54) is 7.11 Å². The molecule has 0 saturated carbocycles. The number of phenols is 6. The van der Waals surface area contributed by atoms with E-state index in [9.17, 15) is 30.6 Å². The minimum absolute atomic E-state index is 0.0176. The molecule has 1 atom stereocenters. The van der Waals surface area contributed by atoms with Crippen LogP contribution in [0.4, 0.5) is 14.6 Å². The van der Waals surface area contributed by atoms with Crippen molar-refractivity contribution >= 4 is 27.5 Å². The number of phenolic OH excluding ortho intramolecular Hbond substituents is 6. The second-order valence-corrected chi connectivity index (χ2v) is 9.01. The lowest BCUT2D eigenvalue weighted by molar-refractivity contribution is 0.362. The fourth-order valence-corrected chi connectivity index (χ4v) is 4.89. The Bertz CT molecular complexity index is 1730. The molecule has 1 fully saturated rings. The number of hydrogen-bond donors (Lipinski definition) is 7. The highest BCUT2D eigenvalue weighted by Crippen LogP contribution is 2.57. The van der Waals surface area contributed by atoms with E-state index in [0.29, 0.717) is 19.6 Å². The van der Waals surface area contributed by atoms with Gasteiger partial charge in [0, 0.05) is 42.0 Å². The molecule has 2 heterocycles. The van der Waals surface area contributed by atoms with Gasteiger partial charge in [-0.1, -0.05) is 5.92 Å². The standard InChI is InChI=1S/C26H22F2N4O7/c1-4-10-13-15(20(34)24(38)22(36)16(13)21(35)23(37)19(10)33)14-12(27)7-11-18(17(14)28)30-26(39-3)31-25(11)32-6-5-29-9(2)8-32/h1,7,9,29,33-38H,5-6,8H2,2-3H3. The number of benzene rings is 3. The van der Waals surface area contributed by atoms with Crippen molar-refractivity contribution in [3.63, 3.8) is 0 Å². The van der Waals surface area contributed by atoms with E-state index < -0.39 is 79.1 Å². The van der Waals surface area contributed by atoms with Crippen LogP contribution in [-0.2, 0) is 0 Å². The average Bonchev–Trinajstić information content (AvgIpc) is 2.91. The Kier molecular flexibility index (Phi) is 5.99. The number of rotatable bonds is 3. The first-order valence-corrected chi connectivity index (χ1v) is 11.6. The third kappa shape index (κ3) is 3.68. The Morgan fingerprint density at radius 1 is 0.974 bits per heavy atom. The van der Waals surface area contributed by atoms with Gasteiger partial charge in [0.2, 0.25) is 11.5 Å². The molecule has 7 N–H and O–H groups in total. The summed E-state index contributed by atoms with van der Waals surface area (Å²) in [6.45, 7) is 3.45. The second-order valence-electron chi connectivity index (χ2n) is 9.01. The van der Waals surface area contributed by atoms with Crippen molar-refractivity contribution in [2.75, 3.05) is 31.6 Å². The zero-order chi connectivity index (χ0) is 28.3. The van der Waals surface area contributed by atoms with Crippen LogP contribution in [0.25, 0.3) is 32.8 Å². The van der Waals surface area contributed by atoms with Crippen molar-refractivity contribution in [3.05, 3.63) is 23.3 Å². The Labute approximate surface area is 219 Å². The number of methoxy groups -OCH3 is 1. The van der Waals surface area contributed by atoms with Gasteiger partial charge in [0.25, 0.3) is 0 Å². The van der Waals surface area contributed by atoms with Crippen molar-refractivity contribution in [1.82, 2.24) is 15.3 Å². The molecule has 1 aromatic heterocycles. The number of nitrogens with one attached hydrogen (secondary N) is 1. The summed E-state index contributed by atoms with van der Waals surface area (Å²) in [5.41, 5.74) is -2.81. The van der Waals surface area contributed by atoms with E-state index in [2.05, 4.69) is 15.3 Å². The summed E-state index contributed by atoms with van der Waals surface area (Å²) in [5.74, 6) is -7.39. The SMILES string of the molecule is C#Cc1c(O)c(O)c(O)c2c(O)c(O)c(O)c(-c3c(F)cc4c(N5CCNC(C)C5)nc(OC)nc4c3F)c12. The summed E-state index contributed by atoms with van der Waals surface area (Å²) < 4.78 is 37.4. The molecule has 0 aliphatic carbocycles. The van der Waals surface area contributed by atoms with Crippen LogP contribution >= 0.6 is 0 Å². The summed E-state index contributed by atoms with van der Waals surface area (Å²) in [4.78, 5) is 10.2. The molecule has 5 rings (SSSR count). The van der Waals surface area contributed by atoms with Gasteiger partial charge < -0.3 is 45.6 Å². The van der Waals surface area contributed by atoms with Crippen LogP contribution in [0.2, 0.25) is 0 Å². The molecule has 202 valence electrons. The van der Waals surface area contributed by atoms with Crippen molar-refractivity contribution in [3.8, 4) is 64.0 Å². The highest BCUT2D eigenvalue weighted by atomic mass is 19.1. The van der Waals surface area contributed by atoms with Crippen LogP contribution in [0.1, 0.15) is 12.5 Å². The first kappa shape index (κ1) is 25.7. The number of terminal acetylenes is 1. The maximum atomic E-state index is 16.3. The maximum Gasteiger partial charge on any atom is 0.318 e. The van der Waals surface area contributed by atoms with Gasteiger partial charge in [-0.2, -0.15) is 9.97 Å². The van der Waals surface area contributed by atoms with Gasteiger partial charge in [-0.05, 0) is 13.0 Å². The Balaban J connectivity index is 1.94. The number of anilines is 1. The lowest BCUT2D eigenvalue weighted by atomic mass is 9.90. The number of aromatic hydroxyl groups is 6. The third-order valence-corrected chi connectivity index (χ3v) is 6.68. The van der Waals surface area contributed by atoms with Gasteiger partial charge in [-0.25, -0.2) is 8.78 Å². The zero-order valence-corrected chi connectivity index (χ0v) is 20.5. The molecule has 1 aliphatic rings. The van der Waals surface area contributed by atoms with Crippen molar-refractivity contribution in [2.45, 2.75) is 13.0 Å². The van der Waals surface area contributed by atoms with Crippen LogP contribution in [0.5, 0.6) is 40.5 Å². The first-order chi connectivity index (χ1) is 18.5. The van der Waals surface area contributed by atoms with Gasteiger partial charge in [0.15, 0.2) is 28.8 Å². The highest BCUT2D eigenvalue weighted by Gasteiger charge is 2.33. The predicted octanol–water partition coefficient (Wildman–Crippen LogP) is 2.75. The summed E-state index contributed by atoms with van der Waals surface area (Å²) in [6, 6.07) is 0.748. The maximum absolute atomic E-state index is 16.3. The normalized spacial score (nSPS) is 15.6. The van der Waals surface area contributed by atoms with Crippen LogP contribution in [0.3, 0.4) is 0 Å². The van der Waals surface area contributed by atoms with E-state index in [4.69, 9.17) is 11.2 Å². The molecule has 1 unspecified atom stereocenters. The fraction of sp³-hybridized carbons (Fsp3) is 0.231. The van der Waals surface area contributed by atoms with E-state index in [0.717, 1.165) is 6.07 Å². The molecule has 39 heavy (non-hydrogen) atoms. The number of halogens is 2. The van der Waals surface area contributed by atoms with Crippen molar-refractivity contribution in [2.24, 2.45) is 0 Å². The Morgan fingerprint density at radius 3 is 2.26 bits per heavy atom. The molecule has 1 saturated heterocycles.